The van der Waals surface area contributed by atoms with E-state index in [2.05, 4.69) is 4.90 Å². The molecular formula is C20H26F4N2O3. The molecule has 0 unspecified atom stereocenters. The van der Waals surface area contributed by atoms with Crippen LogP contribution < -0.4 is 0 Å². The summed E-state index contributed by atoms with van der Waals surface area (Å²) in [6.45, 7) is 3.07. The molecule has 0 spiro atoms. The number of hydrogen-bond donors (Lipinski definition) is 1. The lowest BCUT2D eigenvalue weighted by Gasteiger charge is -2.32. The molecule has 162 valence electrons. The van der Waals surface area contributed by atoms with Crippen molar-refractivity contribution in [3.05, 3.63) is 35.4 Å². The molecule has 2 aliphatic rings. The summed E-state index contributed by atoms with van der Waals surface area (Å²) in [6.07, 6.45) is 1.79. The summed E-state index contributed by atoms with van der Waals surface area (Å²) in [5.74, 6) is -4.53. The first-order chi connectivity index (χ1) is 13.8. The van der Waals surface area contributed by atoms with Crippen LogP contribution in [0.15, 0.2) is 18.2 Å². The maximum Gasteiger partial charge on any atom is 0.290 e. The zero-order chi connectivity index (χ0) is 21.4. The molecule has 1 saturated heterocycles. The molecule has 1 heterocycles. The first-order valence-electron chi connectivity index (χ1n) is 9.68. The topological polar surface area (TPSA) is 60.9 Å². The van der Waals surface area contributed by atoms with Crippen LogP contribution in [0.25, 0.3) is 0 Å². The van der Waals surface area contributed by atoms with Crippen LogP contribution in [0.1, 0.15) is 42.5 Å². The van der Waals surface area contributed by atoms with Crippen molar-refractivity contribution in [2.45, 2.75) is 38.0 Å². The van der Waals surface area contributed by atoms with E-state index in [4.69, 9.17) is 9.90 Å². The average molecular weight is 418 g/mol. The monoisotopic (exact) mass is 418 g/mol. The molecule has 2 fully saturated rings. The zero-order valence-corrected chi connectivity index (χ0v) is 16.1. The minimum Gasteiger partial charge on any atom is -0.483 e. The van der Waals surface area contributed by atoms with E-state index in [1.54, 1.807) is 4.90 Å². The van der Waals surface area contributed by atoms with Crippen LogP contribution in [-0.2, 0) is 4.79 Å². The quantitative estimate of drug-likeness (QED) is 0.602. The lowest BCUT2D eigenvalue weighted by molar-refractivity contribution is -0.122. The predicted octanol–water partition coefficient (Wildman–Crippen LogP) is 3.64. The van der Waals surface area contributed by atoms with Crippen LogP contribution >= 0.6 is 0 Å². The van der Waals surface area contributed by atoms with Crippen LogP contribution in [0.2, 0.25) is 0 Å². The summed E-state index contributed by atoms with van der Waals surface area (Å²) in [7, 11) is 0. The van der Waals surface area contributed by atoms with Gasteiger partial charge in [-0.1, -0.05) is 0 Å². The largest absolute Gasteiger partial charge is 0.483 e. The van der Waals surface area contributed by atoms with Gasteiger partial charge in [0.25, 0.3) is 12.4 Å². The van der Waals surface area contributed by atoms with E-state index in [1.165, 1.54) is 6.07 Å². The van der Waals surface area contributed by atoms with E-state index < -0.39 is 17.6 Å². The minimum absolute atomic E-state index is 0.0355. The molecule has 9 heteroatoms. The molecule has 1 aromatic carbocycles. The minimum atomic E-state index is -2.51. The summed E-state index contributed by atoms with van der Waals surface area (Å²) in [5, 5.41) is 6.89. The van der Waals surface area contributed by atoms with Gasteiger partial charge in [0.2, 0.25) is 5.92 Å². The number of carboxylic acid groups (broad SMARTS) is 1. The fraction of sp³-hybridized carbons (Fsp3) is 0.600. The third-order valence-electron chi connectivity index (χ3n) is 5.40. The third kappa shape index (κ3) is 6.99. The molecule has 1 saturated carbocycles. The Hall–Kier alpha value is -2.16. The highest BCUT2D eigenvalue weighted by Crippen LogP contribution is 2.36. The van der Waals surface area contributed by atoms with Crippen molar-refractivity contribution in [2.75, 3.05) is 32.7 Å². The maximum absolute atomic E-state index is 13.4. The van der Waals surface area contributed by atoms with E-state index in [-0.39, 0.29) is 36.7 Å². The predicted molar refractivity (Wildman–Crippen MR) is 98.9 cm³/mol. The summed E-state index contributed by atoms with van der Waals surface area (Å²) in [6, 6.07) is 3.19. The second-order valence-corrected chi connectivity index (χ2v) is 7.48. The van der Waals surface area contributed by atoms with Gasteiger partial charge in [-0.15, -0.1) is 0 Å². The first kappa shape index (κ1) is 23.1. The summed E-state index contributed by atoms with van der Waals surface area (Å²) >= 11 is 0. The van der Waals surface area contributed by atoms with Crippen LogP contribution in [0, 0.1) is 17.6 Å². The number of amides is 1. The molecule has 0 atom stereocenters. The fourth-order valence-corrected chi connectivity index (χ4v) is 3.82. The van der Waals surface area contributed by atoms with E-state index in [0.717, 1.165) is 31.6 Å². The van der Waals surface area contributed by atoms with Crippen molar-refractivity contribution in [1.29, 1.82) is 0 Å². The van der Waals surface area contributed by atoms with Crippen molar-refractivity contribution in [3.8, 4) is 0 Å². The van der Waals surface area contributed by atoms with Gasteiger partial charge in [0, 0.05) is 44.6 Å². The first-order valence-corrected chi connectivity index (χ1v) is 9.68. The number of alkyl halides is 2. The Balaban J connectivity index is 0.000000941. The van der Waals surface area contributed by atoms with Gasteiger partial charge < -0.3 is 14.9 Å². The van der Waals surface area contributed by atoms with Crippen molar-refractivity contribution in [1.82, 2.24) is 9.80 Å². The lowest BCUT2D eigenvalue weighted by atomic mass is 9.86. The molecule has 1 amide bonds. The normalized spacial score (nSPS) is 20.3. The van der Waals surface area contributed by atoms with Crippen molar-refractivity contribution < 1.29 is 32.3 Å². The van der Waals surface area contributed by atoms with Crippen molar-refractivity contribution >= 4 is 12.4 Å². The van der Waals surface area contributed by atoms with E-state index in [1.807, 2.05) is 0 Å². The Morgan fingerprint density at radius 2 is 1.76 bits per heavy atom. The number of carbonyl (C=O) groups is 2. The molecule has 1 aromatic rings. The zero-order valence-electron chi connectivity index (χ0n) is 16.1. The highest BCUT2D eigenvalue weighted by Gasteiger charge is 2.35. The molecule has 5 nitrogen and oxygen atoms in total. The van der Waals surface area contributed by atoms with Gasteiger partial charge in [-0.3, -0.25) is 9.59 Å². The molecule has 29 heavy (non-hydrogen) atoms. The van der Waals surface area contributed by atoms with Crippen molar-refractivity contribution in [2.24, 2.45) is 5.92 Å². The Kier molecular flexibility index (Phi) is 8.43. The van der Waals surface area contributed by atoms with Gasteiger partial charge in [0.15, 0.2) is 11.6 Å². The molecule has 1 aliphatic heterocycles. The smallest absolute Gasteiger partial charge is 0.290 e. The number of carbonyl (C=O) groups excluding carboxylic acids is 1. The van der Waals surface area contributed by atoms with Crippen LogP contribution in [0.3, 0.4) is 0 Å². The number of benzene rings is 1. The van der Waals surface area contributed by atoms with Gasteiger partial charge in [0.1, 0.15) is 0 Å². The number of hydrogen-bond acceptors (Lipinski definition) is 3. The van der Waals surface area contributed by atoms with Crippen LogP contribution in [-0.4, -0.2) is 65.9 Å². The second-order valence-electron chi connectivity index (χ2n) is 7.48. The fourth-order valence-electron chi connectivity index (χ4n) is 3.82. The maximum atomic E-state index is 13.4. The summed E-state index contributed by atoms with van der Waals surface area (Å²) in [5.41, 5.74) is 0.145. The van der Waals surface area contributed by atoms with Crippen LogP contribution in [0.5, 0.6) is 0 Å². The molecule has 3 rings (SSSR count). The third-order valence-corrected chi connectivity index (χ3v) is 5.40. The van der Waals surface area contributed by atoms with E-state index >= 15 is 0 Å². The SMILES string of the molecule is O=C(c1ccc(F)c(F)c1)N1CCCN(CC2CCC(F)(F)CC2)CC1.O=CO. The van der Waals surface area contributed by atoms with Gasteiger partial charge in [-0.05, 0) is 49.9 Å². The second kappa shape index (κ2) is 10.6. The van der Waals surface area contributed by atoms with Crippen molar-refractivity contribution in [3.63, 3.8) is 0 Å². The van der Waals surface area contributed by atoms with Gasteiger partial charge in [0.05, 0.1) is 0 Å². The highest BCUT2D eigenvalue weighted by atomic mass is 19.3. The average Bonchev–Trinajstić information content (AvgIpc) is 2.91. The molecule has 0 aromatic heterocycles. The molecule has 0 bridgehead atoms. The summed E-state index contributed by atoms with van der Waals surface area (Å²) in [4.78, 5) is 24.8. The number of halogens is 4. The Morgan fingerprint density at radius 3 is 2.38 bits per heavy atom. The van der Waals surface area contributed by atoms with Gasteiger partial charge >= 0.3 is 0 Å². The summed E-state index contributed by atoms with van der Waals surface area (Å²) < 4.78 is 52.9. The Labute approximate surface area is 167 Å². The molecule has 0 radical (unpaired) electrons. The van der Waals surface area contributed by atoms with Gasteiger partial charge in [-0.2, -0.15) is 0 Å². The lowest BCUT2D eigenvalue weighted by Crippen LogP contribution is -2.38. The number of nitrogens with zero attached hydrogens (tertiary/aromatic N) is 2. The molecular weight excluding hydrogens is 392 g/mol. The molecule has 1 aliphatic carbocycles. The van der Waals surface area contributed by atoms with Gasteiger partial charge in [-0.25, -0.2) is 17.6 Å². The standard InChI is InChI=1S/C19H24F4N2O.CH2O2/c20-16-3-2-15(12-17(16)21)18(26)25-9-1-8-24(10-11-25)13-14-4-6-19(22,23)7-5-14;2-1-3/h2-3,12,14H,1,4-11,13H2;1H,(H,2,3). The molecule has 1 N–H and O–H groups in total. The Bertz CT molecular complexity index is 692. The Morgan fingerprint density at radius 1 is 1.10 bits per heavy atom. The van der Waals surface area contributed by atoms with E-state index in [0.29, 0.717) is 32.5 Å². The highest BCUT2D eigenvalue weighted by molar-refractivity contribution is 5.94. The number of rotatable bonds is 3. The van der Waals surface area contributed by atoms with E-state index in [9.17, 15) is 22.4 Å². The van der Waals surface area contributed by atoms with Crippen LogP contribution in [0.4, 0.5) is 17.6 Å².